The minimum Gasteiger partial charge on any atom is -0.492 e. The molecule has 108 valence electrons. The lowest BCUT2D eigenvalue weighted by Crippen LogP contribution is -2.30. The first-order chi connectivity index (χ1) is 9.22. The predicted octanol–water partition coefficient (Wildman–Crippen LogP) is 2.41. The fourth-order valence-corrected chi connectivity index (χ4v) is 1.26. The second-order valence-electron chi connectivity index (χ2n) is 4.83. The van der Waals surface area contributed by atoms with E-state index in [1.54, 1.807) is 0 Å². The predicted molar refractivity (Wildman–Crippen MR) is 70.0 cm³/mol. The van der Waals surface area contributed by atoms with Crippen LogP contribution in [0.1, 0.15) is 19.4 Å². The van der Waals surface area contributed by atoms with Crippen molar-refractivity contribution in [3.05, 3.63) is 35.7 Å². The molecule has 0 radical (unpaired) electrons. The molecular formula is C14H15FO5. The molecule has 6 heteroatoms. The highest BCUT2D eigenvalue weighted by Gasteiger charge is 2.28. The van der Waals surface area contributed by atoms with Crippen molar-refractivity contribution in [3.63, 3.8) is 0 Å². The molecule has 0 bridgehead atoms. The van der Waals surface area contributed by atoms with Crippen LogP contribution in [-0.4, -0.2) is 28.8 Å². The van der Waals surface area contributed by atoms with Gasteiger partial charge < -0.3 is 14.9 Å². The zero-order valence-electron chi connectivity index (χ0n) is 11.1. The van der Waals surface area contributed by atoms with Crippen molar-refractivity contribution < 1.29 is 28.9 Å². The molecular weight excluding hydrogens is 267 g/mol. The standard InChI is InChI=1S/C14H15FO5/c1-14(2,13(18)19)8-20-11-5-4-10(15)7-9(11)3-6-12(16)17/h3-7H,8H2,1-2H3,(H,16,17)(H,18,19)/b6-3+. The molecule has 0 unspecified atom stereocenters. The van der Waals surface area contributed by atoms with Crippen LogP contribution in [0.2, 0.25) is 0 Å². The van der Waals surface area contributed by atoms with Gasteiger partial charge in [0.25, 0.3) is 0 Å². The molecule has 0 aliphatic heterocycles. The van der Waals surface area contributed by atoms with Crippen molar-refractivity contribution in [2.45, 2.75) is 13.8 Å². The van der Waals surface area contributed by atoms with E-state index < -0.39 is 23.2 Å². The molecule has 1 rings (SSSR count). The molecule has 0 atom stereocenters. The van der Waals surface area contributed by atoms with Gasteiger partial charge in [0.15, 0.2) is 0 Å². The van der Waals surface area contributed by atoms with Gasteiger partial charge in [-0.1, -0.05) is 0 Å². The third-order valence-electron chi connectivity index (χ3n) is 2.54. The van der Waals surface area contributed by atoms with Gasteiger partial charge in [-0.15, -0.1) is 0 Å². The molecule has 2 N–H and O–H groups in total. The van der Waals surface area contributed by atoms with Gasteiger partial charge in [0, 0.05) is 11.6 Å². The van der Waals surface area contributed by atoms with Crippen LogP contribution >= 0.6 is 0 Å². The maximum Gasteiger partial charge on any atom is 0.328 e. The summed E-state index contributed by atoms with van der Waals surface area (Å²) in [6.45, 7) is 2.86. The van der Waals surface area contributed by atoms with Crippen molar-refractivity contribution >= 4 is 18.0 Å². The molecule has 20 heavy (non-hydrogen) atoms. The molecule has 1 aromatic rings. The highest BCUT2D eigenvalue weighted by atomic mass is 19.1. The summed E-state index contributed by atoms with van der Waals surface area (Å²) in [6, 6.07) is 3.60. The Bertz CT molecular complexity index is 548. The number of ether oxygens (including phenoxy) is 1. The van der Waals surface area contributed by atoms with Gasteiger partial charge in [-0.3, -0.25) is 4.79 Å². The van der Waals surface area contributed by atoms with E-state index in [1.807, 2.05) is 0 Å². The minimum atomic E-state index is -1.17. The molecule has 0 aromatic heterocycles. The lowest BCUT2D eigenvalue weighted by Gasteiger charge is -2.20. The van der Waals surface area contributed by atoms with Gasteiger partial charge in [-0.05, 0) is 38.1 Å². The molecule has 0 saturated carbocycles. The molecule has 1 aromatic carbocycles. The summed E-state index contributed by atoms with van der Waals surface area (Å²) in [5.41, 5.74) is -0.879. The first-order valence-electron chi connectivity index (χ1n) is 5.79. The molecule has 5 nitrogen and oxygen atoms in total. The normalized spacial score (nSPS) is 11.6. The van der Waals surface area contributed by atoms with Crippen molar-refractivity contribution in [2.24, 2.45) is 5.41 Å². The molecule has 0 aliphatic carbocycles. The van der Waals surface area contributed by atoms with Gasteiger partial charge in [0.1, 0.15) is 18.2 Å². The third-order valence-corrected chi connectivity index (χ3v) is 2.54. The number of benzene rings is 1. The third kappa shape index (κ3) is 4.38. The lowest BCUT2D eigenvalue weighted by molar-refractivity contribution is -0.148. The molecule has 0 heterocycles. The van der Waals surface area contributed by atoms with Crippen LogP contribution in [-0.2, 0) is 9.59 Å². The number of aliphatic carboxylic acids is 2. The molecule has 0 fully saturated rings. The quantitative estimate of drug-likeness (QED) is 0.783. The van der Waals surface area contributed by atoms with E-state index in [4.69, 9.17) is 14.9 Å². The molecule has 0 spiro atoms. The van der Waals surface area contributed by atoms with Gasteiger partial charge in [-0.2, -0.15) is 0 Å². The average molecular weight is 282 g/mol. The van der Waals surface area contributed by atoms with Crippen LogP contribution in [0.3, 0.4) is 0 Å². The fraction of sp³-hybridized carbons (Fsp3) is 0.286. The van der Waals surface area contributed by atoms with Crippen molar-refractivity contribution in [1.82, 2.24) is 0 Å². The van der Waals surface area contributed by atoms with Crippen LogP contribution in [0.25, 0.3) is 6.08 Å². The van der Waals surface area contributed by atoms with E-state index in [9.17, 15) is 14.0 Å². The number of carboxylic acid groups (broad SMARTS) is 2. The van der Waals surface area contributed by atoms with Gasteiger partial charge in [0.05, 0.1) is 5.41 Å². The minimum absolute atomic E-state index is 0.123. The molecule has 0 saturated heterocycles. The van der Waals surface area contributed by atoms with Crippen LogP contribution in [0.4, 0.5) is 4.39 Å². The van der Waals surface area contributed by atoms with Crippen molar-refractivity contribution in [3.8, 4) is 5.75 Å². The van der Waals surface area contributed by atoms with E-state index in [-0.39, 0.29) is 17.9 Å². The maximum atomic E-state index is 13.1. The zero-order valence-corrected chi connectivity index (χ0v) is 11.1. The van der Waals surface area contributed by atoms with Gasteiger partial charge in [0.2, 0.25) is 0 Å². The summed E-state index contributed by atoms with van der Waals surface area (Å²) in [5, 5.41) is 17.5. The highest BCUT2D eigenvalue weighted by molar-refractivity contribution is 5.85. The summed E-state index contributed by atoms with van der Waals surface area (Å²) < 4.78 is 18.5. The summed E-state index contributed by atoms with van der Waals surface area (Å²) in [6.07, 6.45) is 2.04. The first-order valence-corrected chi connectivity index (χ1v) is 5.79. The van der Waals surface area contributed by atoms with E-state index >= 15 is 0 Å². The monoisotopic (exact) mass is 282 g/mol. The van der Waals surface area contributed by atoms with Crippen molar-refractivity contribution in [1.29, 1.82) is 0 Å². The number of carboxylic acids is 2. The summed E-state index contributed by atoms with van der Waals surface area (Å²) in [7, 11) is 0. The van der Waals surface area contributed by atoms with Gasteiger partial charge in [-0.25, -0.2) is 9.18 Å². The lowest BCUT2D eigenvalue weighted by atomic mass is 9.95. The number of carbonyl (C=O) groups is 2. The Kier molecular flexibility index (Phi) is 4.85. The van der Waals surface area contributed by atoms with Gasteiger partial charge >= 0.3 is 11.9 Å². The number of hydrogen-bond acceptors (Lipinski definition) is 3. The molecule has 0 amide bonds. The summed E-state index contributed by atoms with van der Waals surface area (Å²) >= 11 is 0. The SMILES string of the molecule is CC(C)(COc1ccc(F)cc1/C=C/C(=O)O)C(=O)O. The van der Waals surface area contributed by atoms with Crippen LogP contribution in [0.15, 0.2) is 24.3 Å². The van der Waals surface area contributed by atoms with E-state index in [1.165, 1.54) is 26.0 Å². The Morgan fingerprint density at radius 2 is 2.00 bits per heavy atom. The zero-order chi connectivity index (χ0) is 15.3. The number of hydrogen-bond donors (Lipinski definition) is 2. The van der Waals surface area contributed by atoms with Crippen molar-refractivity contribution in [2.75, 3.05) is 6.61 Å². The van der Waals surface area contributed by atoms with Crippen LogP contribution < -0.4 is 4.74 Å². The Morgan fingerprint density at radius 1 is 1.35 bits per heavy atom. The smallest absolute Gasteiger partial charge is 0.328 e. The fourth-order valence-electron chi connectivity index (χ4n) is 1.26. The topological polar surface area (TPSA) is 83.8 Å². The number of rotatable bonds is 6. The average Bonchev–Trinajstić information content (AvgIpc) is 2.34. The van der Waals surface area contributed by atoms with Crippen LogP contribution in [0.5, 0.6) is 5.75 Å². The van der Waals surface area contributed by atoms with E-state index in [0.717, 1.165) is 18.2 Å². The first kappa shape index (κ1) is 15.7. The Morgan fingerprint density at radius 3 is 2.55 bits per heavy atom. The maximum absolute atomic E-state index is 13.1. The largest absolute Gasteiger partial charge is 0.492 e. The second-order valence-corrected chi connectivity index (χ2v) is 4.83. The second kappa shape index (κ2) is 6.18. The molecule has 0 aliphatic rings. The highest BCUT2D eigenvalue weighted by Crippen LogP contribution is 2.24. The van der Waals surface area contributed by atoms with Crippen LogP contribution in [0, 0.1) is 11.2 Å². The Hall–Kier alpha value is -2.37. The number of halogens is 1. The Labute approximate surface area is 115 Å². The van der Waals surface area contributed by atoms with E-state index in [0.29, 0.717) is 0 Å². The Balaban J connectivity index is 2.95. The summed E-state index contributed by atoms with van der Waals surface area (Å²) in [4.78, 5) is 21.4. The van der Waals surface area contributed by atoms with E-state index in [2.05, 4.69) is 0 Å². The summed E-state index contributed by atoms with van der Waals surface area (Å²) in [5.74, 6) is -2.52.